The minimum absolute atomic E-state index is 0.516. The van der Waals surface area contributed by atoms with Crippen molar-refractivity contribution in [2.45, 2.75) is 12.5 Å². The lowest BCUT2D eigenvalue weighted by Crippen LogP contribution is -2.40. The van der Waals surface area contributed by atoms with E-state index >= 15 is 0 Å². The van der Waals surface area contributed by atoms with Crippen LogP contribution in [-0.4, -0.2) is 43.8 Å². The van der Waals surface area contributed by atoms with Crippen LogP contribution in [0.5, 0.6) is 0 Å². The molecule has 0 fully saturated rings. The van der Waals surface area contributed by atoms with Crippen LogP contribution in [-0.2, 0) is 10.3 Å². The molecule has 0 saturated carbocycles. The summed E-state index contributed by atoms with van der Waals surface area (Å²) < 4.78 is 7.18. The second kappa shape index (κ2) is 6.37. The predicted molar refractivity (Wildman–Crippen MR) is 86.0 cm³/mol. The van der Waals surface area contributed by atoms with E-state index in [1.165, 1.54) is 0 Å². The van der Waals surface area contributed by atoms with Crippen LogP contribution in [0.4, 0.5) is 0 Å². The van der Waals surface area contributed by atoms with Crippen molar-refractivity contribution in [3.05, 3.63) is 66.0 Å². The van der Waals surface area contributed by atoms with Crippen LogP contribution in [0.1, 0.15) is 18.2 Å². The Hall–Kier alpha value is -1.71. The third-order valence-electron chi connectivity index (χ3n) is 3.63. The molecule has 3 nitrogen and oxygen atoms in total. The standard InChI is InChI=1S/C18H25N2O/c1-18(16-10-6-5-7-11-16,17-12-8-9-13-19-17)21-15-14-20(2,3)4/h5-13H,14-15H2,1-4H3/q+1. The Morgan fingerprint density at radius 1 is 1.00 bits per heavy atom. The number of benzene rings is 1. The summed E-state index contributed by atoms with van der Waals surface area (Å²) in [4.78, 5) is 4.51. The molecule has 0 aliphatic carbocycles. The van der Waals surface area contributed by atoms with Crippen molar-refractivity contribution in [1.29, 1.82) is 0 Å². The Bertz CT molecular complexity index is 507. The van der Waals surface area contributed by atoms with Gasteiger partial charge in [-0.2, -0.15) is 0 Å². The average Bonchev–Trinajstić information content (AvgIpc) is 2.47. The molecule has 1 heterocycles. The molecule has 0 bridgehead atoms. The van der Waals surface area contributed by atoms with Crippen molar-refractivity contribution in [1.82, 2.24) is 4.98 Å². The number of pyridine rings is 1. The number of likely N-dealkylation sites (N-methyl/N-ethyl adjacent to an activating group) is 1. The van der Waals surface area contributed by atoms with Crippen molar-refractivity contribution in [2.75, 3.05) is 34.3 Å². The van der Waals surface area contributed by atoms with Crippen molar-refractivity contribution in [2.24, 2.45) is 0 Å². The largest absolute Gasteiger partial charge is 0.358 e. The lowest BCUT2D eigenvalue weighted by atomic mass is 9.91. The molecular weight excluding hydrogens is 260 g/mol. The van der Waals surface area contributed by atoms with Crippen LogP contribution in [0.2, 0.25) is 0 Å². The number of aromatic nitrogens is 1. The van der Waals surface area contributed by atoms with Gasteiger partial charge >= 0.3 is 0 Å². The molecule has 0 N–H and O–H groups in total. The summed E-state index contributed by atoms with van der Waals surface area (Å²) in [6.45, 7) is 3.74. The Morgan fingerprint density at radius 3 is 2.24 bits per heavy atom. The van der Waals surface area contributed by atoms with Crippen LogP contribution in [0, 0.1) is 0 Å². The molecule has 2 aromatic rings. The van der Waals surface area contributed by atoms with E-state index in [2.05, 4.69) is 45.2 Å². The first-order valence-corrected chi connectivity index (χ1v) is 7.33. The van der Waals surface area contributed by atoms with Gasteiger partial charge in [-0.25, -0.2) is 0 Å². The number of quaternary nitrogens is 1. The molecule has 0 aliphatic rings. The highest BCUT2D eigenvalue weighted by atomic mass is 16.5. The molecule has 3 heteroatoms. The Morgan fingerprint density at radius 2 is 1.67 bits per heavy atom. The lowest BCUT2D eigenvalue weighted by molar-refractivity contribution is -0.871. The predicted octanol–water partition coefficient (Wildman–Crippen LogP) is 3.07. The maximum atomic E-state index is 6.30. The third kappa shape index (κ3) is 4.13. The SMILES string of the molecule is CC(OCC[N+](C)(C)C)(c1ccccc1)c1ccccn1. The van der Waals surface area contributed by atoms with E-state index in [1.807, 2.05) is 42.6 Å². The second-order valence-electron chi connectivity index (χ2n) is 6.48. The molecule has 1 atom stereocenters. The average molecular weight is 285 g/mol. The molecule has 112 valence electrons. The molecule has 0 saturated heterocycles. The minimum Gasteiger partial charge on any atom is -0.358 e. The summed E-state index contributed by atoms with van der Waals surface area (Å²) in [7, 11) is 6.51. The fourth-order valence-corrected chi connectivity index (χ4v) is 2.23. The van der Waals surface area contributed by atoms with Gasteiger partial charge in [-0.3, -0.25) is 4.98 Å². The normalized spacial score (nSPS) is 14.7. The zero-order chi connectivity index (χ0) is 15.3. The molecule has 0 amide bonds. The van der Waals surface area contributed by atoms with Gasteiger partial charge in [-0.1, -0.05) is 36.4 Å². The lowest BCUT2D eigenvalue weighted by Gasteiger charge is -2.32. The summed E-state index contributed by atoms with van der Waals surface area (Å²) in [5.74, 6) is 0. The fraction of sp³-hybridized carbons (Fsp3) is 0.389. The van der Waals surface area contributed by atoms with E-state index in [0.717, 1.165) is 22.3 Å². The molecule has 0 radical (unpaired) electrons. The molecule has 21 heavy (non-hydrogen) atoms. The third-order valence-corrected chi connectivity index (χ3v) is 3.63. The van der Waals surface area contributed by atoms with Gasteiger partial charge in [0.05, 0.1) is 33.4 Å². The Labute approximate surface area is 127 Å². The highest BCUT2D eigenvalue weighted by molar-refractivity contribution is 5.31. The van der Waals surface area contributed by atoms with Crippen molar-refractivity contribution < 1.29 is 9.22 Å². The number of hydrogen-bond acceptors (Lipinski definition) is 2. The van der Waals surface area contributed by atoms with Gasteiger partial charge in [0.2, 0.25) is 0 Å². The summed E-state index contributed by atoms with van der Waals surface area (Å²) >= 11 is 0. The van der Waals surface area contributed by atoms with Crippen LogP contribution in [0.3, 0.4) is 0 Å². The number of rotatable bonds is 6. The Balaban J connectivity index is 2.27. The summed E-state index contributed by atoms with van der Waals surface area (Å²) in [6.07, 6.45) is 1.82. The van der Waals surface area contributed by atoms with E-state index in [4.69, 9.17) is 4.74 Å². The molecule has 1 aromatic heterocycles. The van der Waals surface area contributed by atoms with Crippen molar-refractivity contribution >= 4 is 0 Å². The monoisotopic (exact) mass is 285 g/mol. The molecule has 1 aromatic carbocycles. The van der Waals surface area contributed by atoms with Crippen molar-refractivity contribution in [3.8, 4) is 0 Å². The quantitative estimate of drug-likeness (QED) is 0.761. The zero-order valence-corrected chi connectivity index (χ0v) is 13.4. The van der Waals surface area contributed by atoms with E-state index in [1.54, 1.807) is 0 Å². The maximum Gasteiger partial charge on any atom is 0.132 e. The summed E-state index contributed by atoms with van der Waals surface area (Å²) in [6, 6.07) is 16.3. The maximum absolute atomic E-state index is 6.30. The van der Waals surface area contributed by atoms with Gasteiger partial charge in [-0.15, -0.1) is 0 Å². The van der Waals surface area contributed by atoms with Gasteiger partial charge in [0, 0.05) is 6.20 Å². The van der Waals surface area contributed by atoms with Crippen LogP contribution in [0.25, 0.3) is 0 Å². The van der Waals surface area contributed by atoms with Crippen LogP contribution >= 0.6 is 0 Å². The molecule has 0 aliphatic heterocycles. The van der Waals surface area contributed by atoms with E-state index in [-0.39, 0.29) is 0 Å². The molecule has 1 unspecified atom stereocenters. The van der Waals surface area contributed by atoms with Crippen molar-refractivity contribution in [3.63, 3.8) is 0 Å². The topological polar surface area (TPSA) is 22.1 Å². The molecule has 0 spiro atoms. The summed E-state index contributed by atoms with van der Waals surface area (Å²) in [5.41, 5.74) is 1.56. The number of ether oxygens (including phenoxy) is 1. The summed E-state index contributed by atoms with van der Waals surface area (Å²) in [5, 5.41) is 0. The van der Waals surface area contributed by atoms with Crippen LogP contribution < -0.4 is 0 Å². The first kappa shape index (κ1) is 15.7. The van der Waals surface area contributed by atoms with E-state index in [0.29, 0.717) is 6.61 Å². The van der Waals surface area contributed by atoms with E-state index in [9.17, 15) is 0 Å². The van der Waals surface area contributed by atoms with E-state index < -0.39 is 5.60 Å². The minimum atomic E-state index is -0.516. The van der Waals surface area contributed by atoms with Gasteiger partial charge < -0.3 is 9.22 Å². The van der Waals surface area contributed by atoms with Gasteiger partial charge in [0.25, 0.3) is 0 Å². The Kier molecular flexibility index (Phi) is 4.76. The molecule has 2 rings (SSSR count). The highest BCUT2D eigenvalue weighted by Crippen LogP contribution is 2.31. The number of hydrogen-bond donors (Lipinski definition) is 0. The van der Waals surface area contributed by atoms with Gasteiger partial charge in [0.1, 0.15) is 12.1 Å². The number of nitrogens with zero attached hydrogens (tertiary/aromatic N) is 2. The van der Waals surface area contributed by atoms with Gasteiger partial charge in [0.15, 0.2) is 0 Å². The zero-order valence-electron chi connectivity index (χ0n) is 13.4. The molecular formula is C18H25N2O+. The second-order valence-corrected chi connectivity index (χ2v) is 6.48. The smallest absolute Gasteiger partial charge is 0.132 e. The first-order valence-electron chi connectivity index (χ1n) is 7.33. The highest BCUT2D eigenvalue weighted by Gasteiger charge is 2.31. The fourth-order valence-electron chi connectivity index (χ4n) is 2.23. The van der Waals surface area contributed by atoms with Crippen LogP contribution in [0.15, 0.2) is 54.7 Å². The van der Waals surface area contributed by atoms with Gasteiger partial charge in [-0.05, 0) is 24.6 Å². The first-order chi connectivity index (χ1) is 9.92.